The maximum absolute atomic E-state index is 11.9. The maximum Gasteiger partial charge on any atom is 0.177 e. The Labute approximate surface area is 112 Å². The SMILES string of the molecule is C=C(/C=C/CS(=O)(=O)/C(C)=C/C(C)C)CN(C)C. The van der Waals surface area contributed by atoms with Crippen LogP contribution in [0.4, 0.5) is 0 Å². The Balaban J connectivity index is 4.54. The van der Waals surface area contributed by atoms with E-state index in [2.05, 4.69) is 6.58 Å². The Kier molecular flexibility index (Phi) is 7.18. The zero-order chi connectivity index (χ0) is 14.3. The number of hydrogen-bond acceptors (Lipinski definition) is 3. The highest BCUT2D eigenvalue weighted by Gasteiger charge is 2.11. The van der Waals surface area contributed by atoms with Crippen LogP contribution in [0, 0.1) is 5.92 Å². The van der Waals surface area contributed by atoms with E-state index >= 15 is 0 Å². The molecule has 0 saturated heterocycles. The molecule has 0 unspecified atom stereocenters. The number of rotatable bonds is 7. The van der Waals surface area contributed by atoms with E-state index in [1.165, 1.54) is 0 Å². The molecule has 0 aliphatic rings. The number of allylic oxidation sites excluding steroid dienone is 2. The van der Waals surface area contributed by atoms with Crippen LogP contribution in [0.1, 0.15) is 20.8 Å². The van der Waals surface area contributed by atoms with Crippen molar-refractivity contribution in [2.45, 2.75) is 20.8 Å². The van der Waals surface area contributed by atoms with E-state index in [1.54, 1.807) is 25.2 Å². The fourth-order valence-electron chi connectivity index (χ4n) is 1.50. The normalized spacial score (nSPS) is 13.8. The van der Waals surface area contributed by atoms with Crippen LogP contribution in [0.2, 0.25) is 0 Å². The highest BCUT2D eigenvalue weighted by atomic mass is 32.2. The number of likely N-dealkylation sites (N-methyl/N-ethyl adjacent to an activating group) is 1. The van der Waals surface area contributed by atoms with Crippen molar-refractivity contribution < 1.29 is 8.42 Å². The monoisotopic (exact) mass is 271 g/mol. The summed E-state index contributed by atoms with van der Waals surface area (Å²) in [5.41, 5.74) is 0.903. The number of sulfone groups is 1. The van der Waals surface area contributed by atoms with Crippen LogP contribution >= 0.6 is 0 Å². The lowest BCUT2D eigenvalue weighted by Gasteiger charge is -2.08. The van der Waals surface area contributed by atoms with Crippen LogP contribution in [0.3, 0.4) is 0 Å². The van der Waals surface area contributed by atoms with Crippen molar-refractivity contribution in [1.29, 1.82) is 0 Å². The minimum absolute atomic E-state index is 0.0362. The third-order valence-corrected chi connectivity index (χ3v) is 4.00. The Bertz CT molecular complexity index is 429. The Morgan fingerprint density at radius 3 is 2.33 bits per heavy atom. The van der Waals surface area contributed by atoms with Crippen molar-refractivity contribution in [1.82, 2.24) is 4.90 Å². The Morgan fingerprint density at radius 1 is 1.33 bits per heavy atom. The summed E-state index contributed by atoms with van der Waals surface area (Å²) in [6.45, 7) is 10.2. The fourth-order valence-corrected chi connectivity index (χ4v) is 2.60. The molecular weight excluding hydrogens is 246 g/mol. The summed E-state index contributed by atoms with van der Waals surface area (Å²) in [6.07, 6.45) is 5.22. The molecule has 3 nitrogen and oxygen atoms in total. The molecule has 0 spiro atoms. The van der Waals surface area contributed by atoms with Gasteiger partial charge in [0.25, 0.3) is 0 Å². The van der Waals surface area contributed by atoms with Crippen molar-refractivity contribution in [3.05, 3.63) is 35.3 Å². The van der Waals surface area contributed by atoms with Crippen LogP contribution in [0.15, 0.2) is 35.3 Å². The molecule has 0 fully saturated rings. The molecular formula is C14H25NO2S. The molecule has 0 heterocycles. The van der Waals surface area contributed by atoms with Gasteiger partial charge in [-0.25, -0.2) is 8.42 Å². The second-order valence-corrected chi connectivity index (χ2v) is 7.31. The van der Waals surface area contributed by atoms with E-state index in [1.807, 2.05) is 32.8 Å². The van der Waals surface area contributed by atoms with Crippen molar-refractivity contribution in [3.8, 4) is 0 Å². The van der Waals surface area contributed by atoms with Crippen LogP contribution in [-0.4, -0.2) is 39.7 Å². The van der Waals surface area contributed by atoms with Crippen molar-refractivity contribution in [3.63, 3.8) is 0 Å². The largest absolute Gasteiger partial charge is 0.305 e. The van der Waals surface area contributed by atoms with Crippen LogP contribution in [-0.2, 0) is 9.84 Å². The Morgan fingerprint density at radius 2 is 1.89 bits per heavy atom. The molecule has 104 valence electrons. The first-order valence-corrected chi connectivity index (χ1v) is 7.70. The molecule has 0 N–H and O–H groups in total. The highest BCUT2D eigenvalue weighted by molar-refractivity contribution is 7.95. The minimum Gasteiger partial charge on any atom is -0.305 e. The predicted molar refractivity (Wildman–Crippen MR) is 79.2 cm³/mol. The maximum atomic E-state index is 11.9. The molecule has 4 heteroatoms. The summed E-state index contributed by atoms with van der Waals surface area (Å²) in [4.78, 5) is 2.44. The first-order valence-electron chi connectivity index (χ1n) is 6.05. The Hall–Kier alpha value is -0.870. The first-order chi connectivity index (χ1) is 8.15. The van der Waals surface area contributed by atoms with Crippen LogP contribution in [0.25, 0.3) is 0 Å². The average molecular weight is 271 g/mol. The lowest BCUT2D eigenvalue weighted by Crippen LogP contribution is -2.13. The van der Waals surface area contributed by atoms with Gasteiger partial charge in [-0.3, -0.25) is 0 Å². The molecule has 0 saturated carbocycles. The summed E-state index contributed by atoms with van der Waals surface area (Å²) in [6, 6.07) is 0. The molecule has 0 aromatic heterocycles. The topological polar surface area (TPSA) is 37.4 Å². The van der Waals surface area contributed by atoms with Gasteiger partial charge in [-0.1, -0.05) is 38.7 Å². The van der Waals surface area contributed by atoms with E-state index in [9.17, 15) is 8.42 Å². The summed E-state index contributed by atoms with van der Waals surface area (Å²) in [5.74, 6) is 0.279. The minimum atomic E-state index is -3.16. The lowest BCUT2D eigenvalue weighted by molar-refractivity contribution is 0.449. The summed E-state index contributed by atoms with van der Waals surface area (Å²) >= 11 is 0. The summed E-state index contributed by atoms with van der Waals surface area (Å²) in [7, 11) is 0.739. The fraction of sp³-hybridized carbons (Fsp3) is 0.571. The molecule has 0 rings (SSSR count). The second kappa shape index (κ2) is 7.54. The third-order valence-electron chi connectivity index (χ3n) is 2.25. The summed E-state index contributed by atoms with van der Waals surface area (Å²) in [5, 5.41) is 0. The van der Waals surface area contributed by atoms with Gasteiger partial charge in [-0.2, -0.15) is 0 Å². The zero-order valence-electron chi connectivity index (χ0n) is 12.1. The van der Waals surface area contributed by atoms with E-state index in [4.69, 9.17) is 0 Å². The molecule has 0 aromatic carbocycles. The van der Waals surface area contributed by atoms with Crippen molar-refractivity contribution >= 4 is 9.84 Å². The molecule has 0 bridgehead atoms. The standard InChI is InChI=1S/C14H25NO2S/c1-12(2)10-14(4)18(16,17)9-7-8-13(3)11-15(5)6/h7-8,10,12H,3,9,11H2,1-2,4-6H3/b8-7+,14-10+. The number of hydrogen-bond donors (Lipinski definition) is 0. The molecule has 0 aliphatic carbocycles. The molecule has 0 aliphatic heterocycles. The highest BCUT2D eigenvalue weighted by Crippen LogP contribution is 2.11. The average Bonchev–Trinajstić information content (AvgIpc) is 2.14. The van der Waals surface area contributed by atoms with Crippen molar-refractivity contribution in [2.24, 2.45) is 5.92 Å². The quantitative estimate of drug-likeness (QED) is 0.668. The predicted octanol–water partition coefficient (Wildman–Crippen LogP) is 2.64. The molecule has 0 amide bonds. The number of nitrogens with zero attached hydrogens (tertiary/aromatic N) is 1. The lowest BCUT2D eigenvalue weighted by atomic mass is 10.2. The van der Waals surface area contributed by atoms with Gasteiger partial charge in [0, 0.05) is 11.4 Å². The molecule has 0 atom stereocenters. The van der Waals surface area contributed by atoms with Gasteiger partial charge in [0.1, 0.15) is 0 Å². The molecule has 18 heavy (non-hydrogen) atoms. The van der Waals surface area contributed by atoms with Crippen molar-refractivity contribution in [2.75, 3.05) is 26.4 Å². The zero-order valence-corrected chi connectivity index (χ0v) is 12.9. The first kappa shape index (κ1) is 17.1. The van der Waals surface area contributed by atoms with Gasteiger partial charge >= 0.3 is 0 Å². The van der Waals surface area contributed by atoms with Gasteiger partial charge in [0.15, 0.2) is 9.84 Å². The molecule has 0 aromatic rings. The van der Waals surface area contributed by atoms with Gasteiger partial charge in [-0.05, 0) is 32.5 Å². The summed E-state index contributed by atoms with van der Waals surface area (Å²) < 4.78 is 23.8. The van der Waals surface area contributed by atoms with Gasteiger partial charge < -0.3 is 4.90 Å². The van der Waals surface area contributed by atoms with E-state index in [0.717, 1.165) is 12.1 Å². The van der Waals surface area contributed by atoms with E-state index in [0.29, 0.717) is 4.91 Å². The second-order valence-electron chi connectivity index (χ2n) is 5.10. The van der Waals surface area contributed by atoms with Gasteiger partial charge in [0.2, 0.25) is 0 Å². The van der Waals surface area contributed by atoms with E-state index < -0.39 is 9.84 Å². The van der Waals surface area contributed by atoms with E-state index in [-0.39, 0.29) is 11.7 Å². The molecule has 0 radical (unpaired) electrons. The van der Waals surface area contributed by atoms with Gasteiger partial charge in [-0.15, -0.1) is 0 Å². The smallest absolute Gasteiger partial charge is 0.177 e. The van der Waals surface area contributed by atoms with Gasteiger partial charge in [0.05, 0.1) is 5.75 Å². The van der Waals surface area contributed by atoms with Crippen LogP contribution in [0.5, 0.6) is 0 Å². The third kappa shape index (κ3) is 7.45. The van der Waals surface area contributed by atoms with Crippen LogP contribution < -0.4 is 0 Å².